The van der Waals surface area contributed by atoms with Crippen LogP contribution in [0, 0.1) is 0 Å². The molecule has 1 atom stereocenters. The van der Waals surface area contributed by atoms with Gasteiger partial charge in [0.15, 0.2) is 0 Å². The molecular weight excluding hydrogens is 391 g/mol. The van der Waals surface area contributed by atoms with E-state index in [0.717, 1.165) is 12.1 Å². The number of aryl methyl sites for hydroxylation is 1. The summed E-state index contributed by atoms with van der Waals surface area (Å²) in [6.07, 6.45) is -3.38. The van der Waals surface area contributed by atoms with E-state index in [4.69, 9.17) is 4.74 Å². The van der Waals surface area contributed by atoms with Crippen molar-refractivity contribution >= 4 is 6.03 Å². The Kier molecular flexibility index (Phi) is 8.08. The lowest BCUT2D eigenvalue weighted by Gasteiger charge is -2.15. The van der Waals surface area contributed by atoms with Crippen LogP contribution >= 0.6 is 0 Å². The normalized spacial score (nSPS) is 12.3. The molecule has 0 aliphatic carbocycles. The second-order valence-corrected chi connectivity index (χ2v) is 6.21. The zero-order valence-corrected chi connectivity index (χ0v) is 15.5. The van der Waals surface area contributed by atoms with Crippen molar-refractivity contribution in [1.29, 1.82) is 0 Å². The highest BCUT2D eigenvalue weighted by molar-refractivity contribution is 5.73. The van der Waals surface area contributed by atoms with E-state index in [1.807, 2.05) is 0 Å². The quantitative estimate of drug-likeness (QED) is 0.549. The van der Waals surface area contributed by atoms with E-state index in [-0.39, 0.29) is 24.5 Å². The van der Waals surface area contributed by atoms with E-state index in [1.54, 1.807) is 18.3 Å². The number of urea groups is 1. The fraction of sp³-hybridized carbons (Fsp3) is 0.368. The van der Waals surface area contributed by atoms with Gasteiger partial charge in [0.05, 0.1) is 5.56 Å². The Labute approximate surface area is 165 Å². The molecule has 0 saturated carbocycles. The van der Waals surface area contributed by atoms with Crippen molar-refractivity contribution < 1.29 is 27.8 Å². The molecule has 2 amide bonds. The van der Waals surface area contributed by atoms with E-state index in [9.17, 15) is 27.9 Å². The summed E-state index contributed by atoms with van der Waals surface area (Å²) in [6.45, 7) is 0.360. The van der Waals surface area contributed by atoms with E-state index in [1.165, 1.54) is 22.8 Å². The predicted octanol–water partition coefficient (Wildman–Crippen LogP) is 2.00. The van der Waals surface area contributed by atoms with Crippen molar-refractivity contribution in [2.75, 3.05) is 19.7 Å². The van der Waals surface area contributed by atoms with Gasteiger partial charge in [0, 0.05) is 31.9 Å². The molecule has 1 aromatic carbocycles. The molecule has 0 aliphatic heterocycles. The summed E-state index contributed by atoms with van der Waals surface area (Å²) in [5.74, 6) is -0.0283. The van der Waals surface area contributed by atoms with Crippen LogP contribution in [0.3, 0.4) is 0 Å². The number of ether oxygens (including phenoxy) is 1. The highest BCUT2D eigenvalue weighted by atomic mass is 19.4. The van der Waals surface area contributed by atoms with Crippen LogP contribution < -0.4 is 20.9 Å². The topological polar surface area (TPSA) is 92.6 Å². The Hall–Kier alpha value is -3.01. The van der Waals surface area contributed by atoms with Crippen LogP contribution in [0.4, 0.5) is 18.0 Å². The molecular formula is C19H22F3N3O4. The minimum absolute atomic E-state index is 0.0283. The van der Waals surface area contributed by atoms with Crippen LogP contribution in [0.5, 0.6) is 5.75 Å². The van der Waals surface area contributed by atoms with Crippen molar-refractivity contribution in [3.63, 3.8) is 0 Å². The third kappa shape index (κ3) is 7.86. The van der Waals surface area contributed by atoms with Crippen LogP contribution in [0.25, 0.3) is 0 Å². The van der Waals surface area contributed by atoms with Gasteiger partial charge in [-0.3, -0.25) is 4.79 Å². The molecule has 2 aromatic rings. The fourth-order valence-electron chi connectivity index (χ4n) is 2.38. The van der Waals surface area contributed by atoms with E-state index in [2.05, 4.69) is 10.6 Å². The van der Waals surface area contributed by atoms with Gasteiger partial charge >= 0.3 is 12.2 Å². The molecule has 2 rings (SSSR count). The largest absolute Gasteiger partial charge is 0.491 e. The molecule has 7 nitrogen and oxygen atoms in total. The maximum absolute atomic E-state index is 12.6. The summed E-state index contributed by atoms with van der Waals surface area (Å²) in [6, 6.07) is 8.64. The molecule has 0 aliphatic rings. The number of nitrogens with one attached hydrogen (secondary N) is 2. The molecule has 0 spiro atoms. The Bertz CT molecular complexity index is 855. The number of aromatic nitrogens is 1. The zero-order chi connectivity index (χ0) is 21.3. The van der Waals surface area contributed by atoms with E-state index < -0.39 is 23.9 Å². The van der Waals surface area contributed by atoms with Crippen molar-refractivity contribution in [2.45, 2.75) is 25.2 Å². The second kappa shape index (κ2) is 10.5. The molecule has 3 N–H and O–H groups in total. The predicted molar refractivity (Wildman–Crippen MR) is 99.7 cm³/mol. The maximum atomic E-state index is 12.6. The molecule has 1 aromatic heterocycles. The summed E-state index contributed by atoms with van der Waals surface area (Å²) in [4.78, 5) is 23.2. The van der Waals surface area contributed by atoms with Gasteiger partial charge in [0.2, 0.25) is 5.56 Å². The molecule has 158 valence electrons. The first-order valence-electron chi connectivity index (χ1n) is 8.91. The number of hydrogen-bond acceptors (Lipinski definition) is 4. The van der Waals surface area contributed by atoms with E-state index in [0.29, 0.717) is 19.5 Å². The molecule has 1 heterocycles. The van der Waals surface area contributed by atoms with Crippen molar-refractivity contribution in [2.24, 2.45) is 0 Å². The van der Waals surface area contributed by atoms with Gasteiger partial charge in [-0.1, -0.05) is 12.1 Å². The maximum Gasteiger partial charge on any atom is 0.416 e. The smallest absolute Gasteiger partial charge is 0.416 e. The highest BCUT2D eigenvalue weighted by Gasteiger charge is 2.30. The zero-order valence-electron chi connectivity index (χ0n) is 15.5. The third-order valence-corrected chi connectivity index (χ3v) is 3.86. The van der Waals surface area contributed by atoms with Crippen molar-refractivity contribution in [3.8, 4) is 5.75 Å². The average molecular weight is 413 g/mol. The molecule has 0 radical (unpaired) electrons. The Morgan fingerprint density at radius 1 is 1.17 bits per heavy atom. The lowest BCUT2D eigenvalue weighted by molar-refractivity contribution is -0.137. The number of aliphatic hydroxyl groups is 1. The monoisotopic (exact) mass is 413 g/mol. The summed E-state index contributed by atoms with van der Waals surface area (Å²) >= 11 is 0. The van der Waals surface area contributed by atoms with Gasteiger partial charge in [-0.25, -0.2) is 4.79 Å². The van der Waals surface area contributed by atoms with Gasteiger partial charge < -0.3 is 25.0 Å². The molecule has 0 bridgehead atoms. The number of nitrogens with zero attached hydrogens (tertiary/aromatic N) is 1. The molecule has 29 heavy (non-hydrogen) atoms. The van der Waals surface area contributed by atoms with Crippen molar-refractivity contribution in [1.82, 2.24) is 15.2 Å². The molecule has 1 unspecified atom stereocenters. The first kappa shape index (κ1) is 22.3. The first-order valence-corrected chi connectivity index (χ1v) is 8.91. The van der Waals surface area contributed by atoms with Gasteiger partial charge in [-0.15, -0.1) is 0 Å². The van der Waals surface area contributed by atoms with Crippen LogP contribution in [0.2, 0.25) is 0 Å². The first-order chi connectivity index (χ1) is 13.8. The number of rotatable bonds is 9. The summed E-state index contributed by atoms with van der Waals surface area (Å²) in [7, 11) is 0. The Morgan fingerprint density at radius 3 is 2.69 bits per heavy atom. The standard InChI is InChI=1S/C19H22F3N3O4/c20-19(21,22)14-5-3-6-16(11-14)29-13-15(26)12-24-18(28)23-8-4-10-25-9-2-1-7-17(25)27/h1-3,5-7,9,11,15,26H,4,8,10,12-13H2,(H2,23,24,28). The van der Waals surface area contributed by atoms with Crippen molar-refractivity contribution in [3.05, 3.63) is 64.6 Å². The third-order valence-electron chi connectivity index (χ3n) is 3.86. The Balaban J connectivity index is 1.63. The average Bonchev–Trinajstić information content (AvgIpc) is 2.69. The minimum Gasteiger partial charge on any atom is -0.491 e. The van der Waals surface area contributed by atoms with Crippen LogP contribution in [0.1, 0.15) is 12.0 Å². The van der Waals surface area contributed by atoms with Crippen LogP contribution in [-0.4, -0.2) is 41.5 Å². The van der Waals surface area contributed by atoms with Gasteiger partial charge in [-0.2, -0.15) is 13.2 Å². The SMILES string of the molecule is O=C(NCCCn1ccccc1=O)NCC(O)COc1cccc(C(F)(F)F)c1. The fourth-order valence-corrected chi connectivity index (χ4v) is 2.38. The van der Waals surface area contributed by atoms with Gasteiger partial charge in [-0.05, 0) is 30.7 Å². The highest BCUT2D eigenvalue weighted by Crippen LogP contribution is 2.31. The van der Waals surface area contributed by atoms with E-state index >= 15 is 0 Å². The summed E-state index contributed by atoms with van der Waals surface area (Å²) in [5.41, 5.74) is -0.972. The number of carbonyl (C=O) groups excluding carboxylic acids is 1. The molecule has 10 heteroatoms. The lowest BCUT2D eigenvalue weighted by Crippen LogP contribution is -2.41. The number of alkyl halides is 3. The molecule has 0 fully saturated rings. The van der Waals surface area contributed by atoms with Crippen LogP contribution in [-0.2, 0) is 12.7 Å². The number of halogens is 3. The number of pyridine rings is 1. The summed E-state index contributed by atoms with van der Waals surface area (Å²) < 4.78 is 44.6. The summed E-state index contributed by atoms with van der Waals surface area (Å²) in [5, 5.41) is 14.8. The number of amides is 2. The Morgan fingerprint density at radius 2 is 1.97 bits per heavy atom. The lowest BCUT2D eigenvalue weighted by atomic mass is 10.2. The number of carbonyl (C=O) groups is 1. The second-order valence-electron chi connectivity index (χ2n) is 6.21. The number of hydrogen-bond donors (Lipinski definition) is 3. The van der Waals surface area contributed by atoms with Gasteiger partial charge in [0.25, 0.3) is 0 Å². The number of aliphatic hydroxyl groups excluding tert-OH is 1. The minimum atomic E-state index is -4.48. The van der Waals surface area contributed by atoms with Crippen LogP contribution in [0.15, 0.2) is 53.5 Å². The molecule has 0 saturated heterocycles. The van der Waals surface area contributed by atoms with Gasteiger partial charge in [0.1, 0.15) is 18.5 Å². The number of benzene rings is 1.